The van der Waals surface area contributed by atoms with Crippen molar-refractivity contribution in [3.63, 3.8) is 0 Å². The molecule has 176 valence electrons. The second-order valence-corrected chi connectivity index (χ2v) is 8.97. The fraction of sp³-hybridized carbons (Fsp3) is 0.400. The number of nitrogens with zero attached hydrogens (tertiary/aromatic N) is 6. The molecule has 9 nitrogen and oxygen atoms in total. The number of hydrogen-bond acceptors (Lipinski definition) is 8. The molecule has 1 aliphatic carbocycles. The first-order chi connectivity index (χ1) is 16.4. The predicted octanol–water partition coefficient (Wildman–Crippen LogP) is 3.45. The van der Waals surface area contributed by atoms with E-state index in [9.17, 15) is 5.11 Å². The minimum Gasteiger partial charge on any atom is -0.494 e. The highest BCUT2D eigenvalue weighted by atomic mass is 16.5. The number of fused-ring (bicyclic) bond motifs is 1. The zero-order chi connectivity index (χ0) is 23.7. The van der Waals surface area contributed by atoms with Crippen LogP contribution in [0.25, 0.3) is 22.3 Å². The van der Waals surface area contributed by atoms with Gasteiger partial charge in [-0.2, -0.15) is 0 Å². The number of rotatable bonds is 8. The van der Waals surface area contributed by atoms with Gasteiger partial charge in [0.1, 0.15) is 23.4 Å². The van der Waals surface area contributed by atoms with Crippen LogP contribution in [-0.2, 0) is 13.5 Å². The number of pyridine rings is 1. The molecule has 9 heteroatoms. The van der Waals surface area contributed by atoms with Gasteiger partial charge in [-0.15, -0.1) is 10.2 Å². The van der Waals surface area contributed by atoms with E-state index in [0.29, 0.717) is 31.2 Å². The van der Waals surface area contributed by atoms with E-state index >= 15 is 0 Å². The molecule has 0 amide bonds. The Balaban J connectivity index is 1.45. The van der Waals surface area contributed by atoms with E-state index in [1.165, 1.54) is 0 Å². The van der Waals surface area contributed by atoms with Crippen LogP contribution < -0.4 is 10.1 Å². The number of aliphatic hydroxyl groups is 1. The molecule has 3 aromatic heterocycles. The van der Waals surface area contributed by atoms with E-state index < -0.39 is 5.60 Å². The van der Waals surface area contributed by atoms with E-state index in [1.807, 2.05) is 55.9 Å². The van der Waals surface area contributed by atoms with Gasteiger partial charge in [-0.25, -0.2) is 15.0 Å². The summed E-state index contributed by atoms with van der Waals surface area (Å²) in [7, 11) is 1.91. The normalized spacial score (nSPS) is 14.7. The lowest BCUT2D eigenvalue weighted by Gasteiger charge is -2.36. The molecule has 2 N–H and O–H groups in total. The van der Waals surface area contributed by atoms with Crippen molar-refractivity contribution < 1.29 is 9.84 Å². The Morgan fingerprint density at radius 3 is 2.76 bits per heavy atom. The van der Waals surface area contributed by atoms with Gasteiger partial charge in [0.25, 0.3) is 0 Å². The van der Waals surface area contributed by atoms with E-state index in [1.54, 1.807) is 6.33 Å². The van der Waals surface area contributed by atoms with Gasteiger partial charge in [0.05, 0.1) is 12.2 Å². The molecule has 0 atom stereocenters. The van der Waals surface area contributed by atoms with Crippen molar-refractivity contribution in [3.05, 3.63) is 53.9 Å². The maximum Gasteiger partial charge on any atom is 0.163 e. The Bertz CT molecular complexity index is 1330. The summed E-state index contributed by atoms with van der Waals surface area (Å²) < 4.78 is 7.82. The van der Waals surface area contributed by atoms with Gasteiger partial charge in [0, 0.05) is 48.4 Å². The minimum absolute atomic E-state index is 0.468. The lowest BCUT2D eigenvalue weighted by molar-refractivity contribution is -0.0202. The molecule has 0 spiro atoms. The third-order valence-electron chi connectivity index (χ3n) is 6.30. The lowest BCUT2D eigenvalue weighted by atomic mass is 9.80. The molecule has 1 fully saturated rings. The average molecular weight is 460 g/mol. The Labute approximate surface area is 198 Å². The second kappa shape index (κ2) is 8.98. The Kier molecular flexibility index (Phi) is 5.87. The Morgan fingerprint density at radius 1 is 1.21 bits per heavy atom. The van der Waals surface area contributed by atoms with Gasteiger partial charge < -0.3 is 19.7 Å². The first-order valence-electron chi connectivity index (χ1n) is 11.6. The number of aryl methyl sites for hydroxylation is 2. The van der Waals surface area contributed by atoms with Crippen LogP contribution in [-0.4, -0.2) is 53.6 Å². The Hall–Kier alpha value is -3.59. The highest BCUT2D eigenvalue weighted by molar-refractivity contribution is 5.88. The predicted molar refractivity (Wildman–Crippen MR) is 130 cm³/mol. The summed E-state index contributed by atoms with van der Waals surface area (Å²) >= 11 is 0. The topological polar surface area (TPSA) is 111 Å². The highest BCUT2D eigenvalue weighted by Crippen LogP contribution is 2.32. The first kappa shape index (κ1) is 22.2. The minimum atomic E-state index is -0.648. The van der Waals surface area contributed by atoms with E-state index in [0.717, 1.165) is 58.6 Å². The summed E-state index contributed by atoms with van der Waals surface area (Å²) in [6, 6.07) is 8.01. The number of nitrogens with one attached hydrogen (secondary N) is 1. The van der Waals surface area contributed by atoms with Crippen LogP contribution in [0, 0.1) is 6.92 Å². The molecule has 0 unspecified atom stereocenters. The number of hydrogen-bond donors (Lipinski definition) is 2. The van der Waals surface area contributed by atoms with Crippen molar-refractivity contribution in [3.8, 4) is 17.1 Å². The summed E-state index contributed by atoms with van der Waals surface area (Å²) in [6.07, 6.45) is 6.72. The van der Waals surface area contributed by atoms with Crippen LogP contribution >= 0.6 is 0 Å². The molecule has 3 heterocycles. The van der Waals surface area contributed by atoms with Crippen LogP contribution in [0.5, 0.6) is 5.75 Å². The molecule has 0 saturated heterocycles. The number of aromatic nitrogens is 6. The van der Waals surface area contributed by atoms with Crippen molar-refractivity contribution in [2.24, 2.45) is 7.05 Å². The molecule has 5 rings (SSSR count). The molecule has 34 heavy (non-hydrogen) atoms. The third-order valence-corrected chi connectivity index (χ3v) is 6.30. The highest BCUT2D eigenvalue weighted by Gasteiger charge is 2.34. The number of benzene rings is 1. The molecular formula is C25H29N7O2. The van der Waals surface area contributed by atoms with Crippen molar-refractivity contribution in [2.75, 3.05) is 18.5 Å². The van der Waals surface area contributed by atoms with Crippen LogP contribution in [0.3, 0.4) is 0 Å². The third kappa shape index (κ3) is 4.43. The van der Waals surface area contributed by atoms with Gasteiger partial charge in [0.2, 0.25) is 0 Å². The number of anilines is 1. The molecule has 1 aliphatic rings. The van der Waals surface area contributed by atoms with Gasteiger partial charge in [0.15, 0.2) is 11.6 Å². The zero-order valence-electron chi connectivity index (χ0n) is 19.7. The van der Waals surface area contributed by atoms with Crippen molar-refractivity contribution in [2.45, 2.75) is 45.1 Å². The van der Waals surface area contributed by atoms with Gasteiger partial charge in [-0.3, -0.25) is 0 Å². The van der Waals surface area contributed by atoms with Crippen molar-refractivity contribution in [1.82, 2.24) is 29.7 Å². The molecule has 0 radical (unpaired) electrons. The van der Waals surface area contributed by atoms with E-state index in [-0.39, 0.29) is 0 Å². The van der Waals surface area contributed by atoms with Crippen LogP contribution in [0.2, 0.25) is 0 Å². The fourth-order valence-electron chi connectivity index (χ4n) is 4.27. The molecule has 0 bridgehead atoms. The van der Waals surface area contributed by atoms with Crippen molar-refractivity contribution in [1.29, 1.82) is 0 Å². The second-order valence-electron chi connectivity index (χ2n) is 8.97. The molecule has 0 aliphatic heterocycles. The summed E-state index contributed by atoms with van der Waals surface area (Å²) in [5.41, 5.74) is 2.92. The summed E-state index contributed by atoms with van der Waals surface area (Å²) in [5.74, 6) is 2.91. The Morgan fingerprint density at radius 2 is 2.06 bits per heavy atom. The standard InChI is InChI=1S/C25H29N7O2/c1-4-34-20-11-18(24-31-28-15-32(24)3)7-6-17(20)12-21-26-13-19-10-16(2)29-23(22(19)30-21)27-14-25(33)8-5-9-25/h6-7,10-11,13,15,33H,4-5,8-9,12,14H2,1-3H3,(H,27,29). The smallest absolute Gasteiger partial charge is 0.163 e. The zero-order valence-corrected chi connectivity index (χ0v) is 19.7. The molecule has 1 saturated carbocycles. The van der Waals surface area contributed by atoms with Crippen molar-refractivity contribution >= 4 is 16.7 Å². The van der Waals surface area contributed by atoms with Crippen LogP contribution in [0.4, 0.5) is 5.82 Å². The maximum atomic E-state index is 10.5. The largest absolute Gasteiger partial charge is 0.494 e. The van der Waals surface area contributed by atoms with E-state index in [4.69, 9.17) is 9.72 Å². The average Bonchev–Trinajstić information content (AvgIpc) is 3.23. The number of ether oxygens (including phenoxy) is 1. The fourth-order valence-corrected chi connectivity index (χ4v) is 4.27. The quantitative estimate of drug-likeness (QED) is 0.412. The van der Waals surface area contributed by atoms with Crippen LogP contribution in [0.1, 0.15) is 43.3 Å². The van der Waals surface area contributed by atoms with Gasteiger partial charge in [-0.05, 0) is 45.2 Å². The summed E-state index contributed by atoms with van der Waals surface area (Å²) in [6.45, 7) is 4.93. The van der Waals surface area contributed by atoms with Crippen LogP contribution in [0.15, 0.2) is 36.8 Å². The first-order valence-corrected chi connectivity index (χ1v) is 11.6. The summed E-state index contributed by atoms with van der Waals surface area (Å²) in [4.78, 5) is 14.1. The van der Waals surface area contributed by atoms with Gasteiger partial charge in [-0.1, -0.05) is 12.1 Å². The SMILES string of the molecule is CCOc1cc(-c2nncn2C)ccc1Cc1ncc2cc(C)nc(NCC3(O)CCC3)c2n1. The lowest BCUT2D eigenvalue weighted by Crippen LogP contribution is -2.43. The maximum absolute atomic E-state index is 10.5. The molecule has 4 aromatic rings. The monoisotopic (exact) mass is 459 g/mol. The summed E-state index contributed by atoms with van der Waals surface area (Å²) in [5, 5.41) is 22.9. The molecular weight excluding hydrogens is 430 g/mol. The molecule has 1 aromatic carbocycles. The van der Waals surface area contributed by atoms with Gasteiger partial charge >= 0.3 is 0 Å². The van der Waals surface area contributed by atoms with E-state index in [2.05, 4.69) is 25.5 Å².